The molecule has 0 aromatic rings. The van der Waals surface area contributed by atoms with Crippen molar-refractivity contribution in [1.82, 2.24) is 10.2 Å². The number of aliphatic imine (C=N–C) groups is 1. The second kappa shape index (κ2) is 10.9. The van der Waals surface area contributed by atoms with Crippen LogP contribution in [0.1, 0.15) is 60.3 Å². The van der Waals surface area contributed by atoms with E-state index in [0.717, 1.165) is 56.8 Å². The molecule has 4 heteroatoms. The van der Waals surface area contributed by atoms with Crippen molar-refractivity contribution >= 4 is 5.96 Å². The molecule has 1 aliphatic heterocycles. The average molecular weight is 326 g/mol. The van der Waals surface area contributed by atoms with E-state index in [1.807, 2.05) is 0 Å². The van der Waals surface area contributed by atoms with Crippen LogP contribution >= 0.6 is 0 Å². The number of hydrogen-bond donors (Lipinski definition) is 2. The molecule has 0 radical (unpaired) electrons. The molecule has 0 spiro atoms. The normalized spacial score (nSPS) is 20.6. The largest absolute Gasteiger partial charge is 0.396 e. The van der Waals surface area contributed by atoms with Crippen LogP contribution in [0.5, 0.6) is 0 Å². The van der Waals surface area contributed by atoms with E-state index < -0.39 is 0 Å². The first-order valence-electron chi connectivity index (χ1n) is 9.60. The van der Waals surface area contributed by atoms with Crippen LogP contribution in [-0.4, -0.2) is 48.8 Å². The van der Waals surface area contributed by atoms with Gasteiger partial charge in [-0.3, -0.25) is 4.99 Å². The lowest BCUT2D eigenvalue weighted by atomic mass is 9.94. The zero-order chi connectivity index (χ0) is 17.2. The van der Waals surface area contributed by atoms with Gasteiger partial charge in [0, 0.05) is 32.8 Å². The minimum absolute atomic E-state index is 0.267. The molecule has 0 amide bonds. The van der Waals surface area contributed by atoms with E-state index in [2.05, 4.69) is 44.8 Å². The maximum absolute atomic E-state index is 9.27. The van der Waals surface area contributed by atoms with Gasteiger partial charge in [0.1, 0.15) is 0 Å². The number of guanidine groups is 1. The molecule has 2 N–H and O–H groups in total. The summed E-state index contributed by atoms with van der Waals surface area (Å²) >= 11 is 0. The molecule has 1 aliphatic rings. The fraction of sp³-hybridized carbons (Fsp3) is 0.947. The van der Waals surface area contributed by atoms with E-state index in [9.17, 15) is 5.11 Å². The molecule has 136 valence electrons. The van der Waals surface area contributed by atoms with E-state index in [-0.39, 0.29) is 6.61 Å². The van der Waals surface area contributed by atoms with Gasteiger partial charge in [-0.05, 0) is 56.3 Å². The minimum Gasteiger partial charge on any atom is -0.396 e. The highest BCUT2D eigenvalue weighted by Gasteiger charge is 2.25. The lowest BCUT2D eigenvalue weighted by molar-refractivity contribution is 0.245. The number of hydrogen-bond acceptors (Lipinski definition) is 2. The number of likely N-dealkylation sites (tertiary alicyclic amines) is 1. The molecule has 0 aromatic carbocycles. The second-order valence-electron chi connectivity index (χ2n) is 7.93. The molecule has 23 heavy (non-hydrogen) atoms. The Labute approximate surface area is 143 Å². The van der Waals surface area contributed by atoms with Gasteiger partial charge in [0.2, 0.25) is 0 Å². The van der Waals surface area contributed by atoms with Crippen LogP contribution in [0.3, 0.4) is 0 Å². The van der Waals surface area contributed by atoms with Gasteiger partial charge < -0.3 is 15.3 Å². The van der Waals surface area contributed by atoms with Crippen LogP contribution in [0.4, 0.5) is 0 Å². The summed E-state index contributed by atoms with van der Waals surface area (Å²) in [5.41, 5.74) is 0. The fourth-order valence-corrected chi connectivity index (χ4v) is 3.66. The molecule has 1 heterocycles. The Bertz CT molecular complexity index is 342. The monoisotopic (exact) mass is 325 g/mol. The van der Waals surface area contributed by atoms with E-state index in [1.165, 1.54) is 12.8 Å². The van der Waals surface area contributed by atoms with Gasteiger partial charge in [-0.25, -0.2) is 0 Å². The smallest absolute Gasteiger partial charge is 0.193 e. The Morgan fingerprint density at radius 3 is 2.57 bits per heavy atom. The van der Waals surface area contributed by atoms with Crippen LogP contribution in [-0.2, 0) is 0 Å². The van der Waals surface area contributed by atoms with Crippen molar-refractivity contribution in [1.29, 1.82) is 0 Å². The third-order valence-corrected chi connectivity index (χ3v) is 4.57. The highest BCUT2D eigenvalue weighted by molar-refractivity contribution is 5.80. The third-order valence-electron chi connectivity index (χ3n) is 4.57. The van der Waals surface area contributed by atoms with Crippen molar-refractivity contribution in [3.8, 4) is 0 Å². The number of nitrogens with one attached hydrogen (secondary N) is 1. The number of aliphatic hydroxyl groups is 1. The molecule has 0 bridgehead atoms. The van der Waals surface area contributed by atoms with Crippen molar-refractivity contribution in [3.05, 3.63) is 0 Å². The van der Waals surface area contributed by atoms with Crippen molar-refractivity contribution in [2.45, 2.75) is 60.3 Å². The summed E-state index contributed by atoms with van der Waals surface area (Å²) in [6.07, 6.45) is 4.60. The van der Waals surface area contributed by atoms with Crippen LogP contribution in [0.15, 0.2) is 4.99 Å². The van der Waals surface area contributed by atoms with Gasteiger partial charge in [-0.2, -0.15) is 0 Å². The Morgan fingerprint density at radius 1 is 1.26 bits per heavy atom. The zero-order valence-electron chi connectivity index (χ0n) is 16.0. The molecule has 2 unspecified atom stereocenters. The van der Waals surface area contributed by atoms with Gasteiger partial charge >= 0.3 is 0 Å². The van der Waals surface area contributed by atoms with Crippen LogP contribution < -0.4 is 5.32 Å². The molecule has 0 aromatic heterocycles. The maximum atomic E-state index is 9.27. The summed E-state index contributed by atoms with van der Waals surface area (Å²) in [7, 11) is 0. The van der Waals surface area contributed by atoms with Crippen molar-refractivity contribution in [2.24, 2.45) is 28.7 Å². The molecule has 0 aliphatic carbocycles. The Hall–Kier alpha value is -0.770. The summed E-state index contributed by atoms with van der Waals surface area (Å²) in [5.74, 6) is 3.81. The Morgan fingerprint density at radius 2 is 2.00 bits per heavy atom. The minimum atomic E-state index is 0.267. The molecular weight excluding hydrogens is 286 g/mol. The summed E-state index contributed by atoms with van der Waals surface area (Å²) in [6.45, 7) is 15.5. The van der Waals surface area contributed by atoms with Crippen molar-refractivity contribution in [3.63, 3.8) is 0 Å². The molecule has 0 saturated carbocycles. The highest BCUT2D eigenvalue weighted by atomic mass is 16.3. The molecular formula is C19H39N3O. The zero-order valence-corrected chi connectivity index (χ0v) is 16.0. The maximum Gasteiger partial charge on any atom is 0.193 e. The van der Waals surface area contributed by atoms with E-state index in [1.54, 1.807) is 0 Å². The molecule has 1 fully saturated rings. The van der Waals surface area contributed by atoms with Gasteiger partial charge in [0.15, 0.2) is 5.96 Å². The van der Waals surface area contributed by atoms with E-state index in [4.69, 9.17) is 4.99 Å². The summed E-state index contributed by atoms with van der Waals surface area (Å²) in [4.78, 5) is 7.33. The lowest BCUT2D eigenvalue weighted by Gasteiger charge is -2.23. The first-order valence-corrected chi connectivity index (χ1v) is 9.60. The van der Waals surface area contributed by atoms with Gasteiger partial charge in [0.25, 0.3) is 0 Å². The summed E-state index contributed by atoms with van der Waals surface area (Å²) in [6, 6.07) is 0. The van der Waals surface area contributed by atoms with Gasteiger partial charge in [-0.1, -0.05) is 27.7 Å². The summed E-state index contributed by atoms with van der Waals surface area (Å²) in [5, 5.41) is 12.7. The standard InChI is InChI=1S/C19H39N3O/c1-6-20-19(21-13-17(8-10-23)11-15(2)3)22-9-7-18(14-22)12-16(4)5/h15-18,23H,6-14H2,1-5H3,(H,20,21). The van der Waals surface area contributed by atoms with Crippen LogP contribution in [0.25, 0.3) is 0 Å². The number of aliphatic hydroxyl groups excluding tert-OH is 1. The van der Waals surface area contributed by atoms with Gasteiger partial charge in [0.05, 0.1) is 0 Å². The van der Waals surface area contributed by atoms with E-state index >= 15 is 0 Å². The van der Waals surface area contributed by atoms with E-state index in [0.29, 0.717) is 11.8 Å². The number of rotatable bonds is 9. The second-order valence-corrected chi connectivity index (χ2v) is 7.93. The van der Waals surface area contributed by atoms with Crippen molar-refractivity contribution in [2.75, 3.05) is 32.8 Å². The molecule has 1 saturated heterocycles. The quantitative estimate of drug-likeness (QED) is 0.505. The third kappa shape index (κ3) is 8.05. The molecule has 4 nitrogen and oxygen atoms in total. The predicted octanol–water partition coefficient (Wildman–Crippen LogP) is 3.36. The fourth-order valence-electron chi connectivity index (χ4n) is 3.66. The van der Waals surface area contributed by atoms with Gasteiger partial charge in [-0.15, -0.1) is 0 Å². The average Bonchev–Trinajstić information content (AvgIpc) is 2.90. The van der Waals surface area contributed by atoms with Crippen LogP contribution in [0.2, 0.25) is 0 Å². The molecule has 1 rings (SSSR count). The Kier molecular flexibility index (Phi) is 9.61. The van der Waals surface area contributed by atoms with Crippen LogP contribution in [0, 0.1) is 23.7 Å². The first kappa shape index (κ1) is 20.3. The first-order chi connectivity index (χ1) is 11.0. The topological polar surface area (TPSA) is 47.9 Å². The number of nitrogens with zero attached hydrogens (tertiary/aromatic N) is 2. The summed E-state index contributed by atoms with van der Waals surface area (Å²) < 4.78 is 0. The van der Waals surface area contributed by atoms with Crippen molar-refractivity contribution < 1.29 is 5.11 Å². The lowest BCUT2D eigenvalue weighted by Crippen LogP contribution is -2.40. The predicted molar refractivity (Wildman–Crippen MR) is 99.8 cm³/mol. The Balaban J connectivity index is 2.61. The molecule has 2 atom stereocenters. The highest BCUT2D eigenvalue weighted by Crippen LogP contribution is 2.23. The SMILES string of the molecule is CCNC(=NCC(CCO)CC(C)C)N1CCC(CC(C)C)C1.